The van der Waals surface area contributed by atoms with Gasteiger partial charge in [0.1, 0.15) is 12.6 Å². The molecule has 0 aliphatic rings. The van der Waals surface area contributed by atoms with Crippen LogP contribution in [0.2, 0.25) is 0 Å². The maximum atomic E-state index is 11.5. The van der Waals surface area contributed by atoms with Crippen molar-refractivity contribution < 1.29 is 23.9 Å². The van der Waals surface area contributed by atoms with E-state index in [4.69, 9.17) is 4.74 Å². The van der Waals surface area contributed by atoms with Gasteiger partial charge in [-0.25, -0.2) is 9.59 Å². The van der Waals surface area contributed by atoms with Crippen LogP contribution in [-0.4, -0.2) is 37.7 Å². The van der Waals surface area contributed by atoms with E-state index in [1.165, 1.54) is 14.0 Å². The molecule has 0 aliphatic carbocycles. The Kier molecular flexibility index (Phi) is 8.20. The number of nitrogens with one attached hydrogen (secondary N) is 2. The second-order valence-electron chi connectivity index (χ2n) is 4.91. The molecule has 1 atom stereocenters. The van der Waals surface area contributed by atoms with E-state index in [1.807, 2.05) is 30.3 Å². The molecule has 0 aromatic heterocycles. The number of alkyl carbamates (subject to hydrolysis) is 1. The summed E-state index contributed by atoms with van der Waals surface area (Å²) in [4.78, 5) is 34.0. The second-order valence-corrected chi connectivity index (χ2v) is 4.91. The zero-order valence-electron chi connectivity index (χ0n) is 13.3. The fourth-order valence-electron chi connectivity index (χ4n) is 1.91. The lowest BCUT2D eigenvalue weighted by atomic mass is 10.1. The summed E-state index contributed by atoms with van der Waals surface area (Å²) in [5.74, 6) is -0.817. The average molecular weight is 322 g/mol. The Morgan fingerprint density at radius 1 is 1.17 bits per heavy atom. The van der Waals surface area contributed by atoms with Crippen molar-refractivity contribution in [3.8, 4) is 0 Å². The third-order valence-electron chi connectivity index (χ3n) is 3.01. The molecule has 0 fully saturated rings. The molecule has 1 aromatic carbocycles. The fraction of sp³-hybridized carbons (Fsp3) is 0.438. The zero-order chi connectivity index (χ0) is 17.1. The number of carbonyl (C=O) groups is 3. The van der Waals surface area contributed by atoms with Gasteiger partial charge in [-0.05, 0) is 18.4 Å². The van der Waals surface area contributed by atoms with Gasteiger partial charge in [0.15, 0.2) is 0 Å². The molecule has 0 heterocycles. The van der Waals surface area contributed by atoms with Gasteiger partial charge >= 0.3 is 12.1 Å². The van der Waals surface area contributed by atoms with E-state index in [9.17, 15) is 14.4 Å². The molecule has 0 saturated heterocycles. The van der Waals surface area contributed by atoms with Crippen molar-refractivity contribution in [3.05, 3.63) is 35.9 Å². The molecule has 0 spiro atoms. The first-order valence-corrected chi connectivity index (χ1v) is 7.32. The molecular formula is C16H22N2O5. The van der Waals surface area contributed by atoms with Crippen molar-refractivity contribution in [3.63, 3.8) is 0 Å². The molecule has 0 saturated carbocycles. The summed E-state index contributed by atoms with van der Waals surface area (Å²) < 4.78 is 9.67. The molecule has 7 heteroatoms. The Morgan fingerprint density at radius 3 is 2.48 bits per heavy atom. The number of methoxy groups -OCH3 is 1. The molecule has 2 N–H and O–H groups in total. The quantitative estimate of drug-likeness (QED) is 0.557. The van der Waals surface area contributed by atoms with Crippen molar-refractivity contribution in [2.45, 2.75) is 32.4 Å². The Labute approximate surface area is 135 Å². The molecule has 0 aliphatic heterocycles. The van der Waals surface area contributed by atoms with Gasteiger partial charge in [0.2, 0.25) is 5.91 Å². The highest BCUT2D eigenvalue weighted by Gasteiger charge is 2.19. The van der Waals surface area contributed by atoms with Gasteiger partial charge in [-0.3, -0.25) is 4.79 Å². The first-order chi connectivity index (χ1) is 11.0. The monoisotopic (exact) mass is 322 g/mol. The fourth-order valence-corrected chi connectivity index (χ4v) is 1.91. The van der Waals surface area contributed by atoms with Crippen LogP contribution in [-0.2, 0) is 25.7 Å². The Bertz CT molecular complexity index is 518. The summed E-state index contributed by atoms with van der Waals surface area (Å²) in [6.45, 7) is 1.86. The van der Waals surface area contributed by atoms with Gasteiger partial charge in [0.25, 0.3) is 0 Å². The zero-order valence-corrected chi connectivity index (χ0v) is 13.3. The predicted octanol–water partition coefficient (Wildman–Crippen LogP) is 1.37. The van der Waals surface area contributed by atoms with E-state index in [0.29, 0.717) is 19.4 Å². The van der Waals surface area contributed by atoms with Gasteiger partial charge < -0.3 is 20.1 Å². The number of rotatable bonds is 8. The predicted molar refractivity (Wildman–Crippen MR) is 83.5 cm³/mol. The summed E-state index contributed by atoms with van der Waals surface area (Å²) in [6, 6.07) is 8.64. The summed E-state index contributed by atoms with van der Waals surface area (Å²) in [5.41, 5.74) is 0.902. The van der Waals surface area contributed by atoms with Crippen LogP contribution in [0, 0.1) is 0 Å². The van der Waals surface area contributed by atoms with Crippen molar-refractivity contribution >= 4 is 18.0 Å². The Morgan fingerprint density at radius 2 is 1.87 bits per heavy atom. The molecule has 1 aromatic rings. The third-order valence-corrected chi connectivity index (χ3v) is 3.01. The molecule has 0 radical (unpaired) electrons. The molecule has 23 heavy (non-hydrogen) atoms. The van der Waals surface area contributed by atoms with Crippen LogP contribution in [0.15, 0.2) is 30.3 Å². The minimum atomic E-state index is -0.709. The maximum absolute atomic E-state index is 11.5. The van der Waals surface area contributed by atoms with Crippen molar-refractivity contribution in [1.82, 2.24) is 10.6 Å². The number of carbonyl (C=O) groups excluding carboxylic acids is 3. The number of esters is 1. The smallest absolute Gasteiger partial charge is 0.407 e. The molecule has 126 valence electrons. The van der Waals surface area contributed by atoms with Crippen LogP contribution in [0.3, 0.4) is 0 Å². The lowest BCUT2D eigenvalue weighted by Gasteiger charge is -2.15. The van der Waals surface area contributed by atoms with E-state index in [1.54, 1.807) is 0 Å². The molecule has 0 bridgehead atoms. The number of ether oxygens (including phenoxy) is 2. The number of hydrogen-bond acceptors (Lipinski definition) is 5. The Balaban J connectivity index is 2.22. The van der Waals surface area contributed by atoms with Crippen LogP contribution in [0.4, 0.5) is 4.79 Å². The van der Waals surface area contributed by atoms with Crippen molar-refractivity contribution in [1.29, 1.82) is 0 Å². The van der Waals surface area contributed by atoms with Crippen LogP contribution in [0.1, 0.15) is 25.3 Å². The number of amides is 2. The van der Waals surface area contributed by atoms with Gasteiger partial charge in [-0.15, -0.1) is 0 Å². The van der Waals surface area contributed by atoms with Crippen LogP contribution in [0.25, 0.3) is 0 Å². The maximum Gasteiger partial charge on any atom is 0.407 e. The summed E-state index contributed by atoms with van der Waals surface area (Å²) in [6.07, 6.45) is 0.342. The second kappa shape index (κ2) is 10.2. The summed E-state index contributed by atoms with van der Waals surface area (Å²) >= 11 is 0. The highest BCUT2D eigenvalue weighted by molar-refractivity contribution is 5.83. The van der Waals surface area contributed by atoms with Gasteiger partial charge in [0, 0.05) is 13.5 Å². The van der Waals surface area contributed by atoms with Crippen molar-refractivity contribution in [2.24, 2.45) is 0 Å². The molecule has 2 amide bonds. The largest absolute Gasteiger partial charge is 0.467 e. The lowest BCUT2D eigenvalue weighted by molar-refractivity contribution is -0.145. The summed E-state index contributed by atoms with van der Waals surface area (Å²) in [7, 11) is 1.26. The van der Waals surface area contributed by atoms with Crippen molar-refractivity contribution in [2.75, 3.05) is 13.7 Å². The average Bonchev–Trinajstić information content (AvgIpc) is 2.55. The standard InChI is InChI=1S/C16H22N2O5/c1-12(19)18-14(15(20)22-2)9-6-10-17-16(21)23-11-13-7-4-3-5-8-13/h3-5,7-8,14H,6,9-11H2,1-2H3,(H,17,21)(H,18,19). The van der Waals surface area contributed by atoms with Crippen LogP contribution < -0.4 is 10.6 Å². The lowest BCUT2D eigenvalue weighted by Crippen LogP contribution is -2.41. The van der Waals surface area contributed by atoms with Gasteiger partial charge in [-0.2, -0.15) is 0 Å². The third kappa shape index (κ3) is 7.85. The topological polar surface area (TPSA) is 93.7 Å². The first kappa shape index (κ1) is 18.5. The summed E-state index contributed by atoms with van der Waals surface area (Å²) in [5, 5.41) is 5.10. The van der Waals surface area contributed by atoms with E-state index >= 15 is 0 Å². The van der Waals surface area contributed by atoms with E-state index in [-0.39, 0.29) is 12.5 Å². The normalized spacial score (nSPS) is 11.2. The first-order valence-electron chi connectivity index (χ1n) is 7.32. The molecular weight excluding hydrogens is 300 g/mol. The molecule has 1 rings (SSSR count). The molecule has 7 nitrogen and oxygen atoms in total. The van der Waals surface area contributed by atoms with E-state index in [0.717, 1.165) is 5.56 Å². The highest BCUT2D eigenvalue weighted by Crippen LogP contribution is 2.01. The number of hydrogen-bond donors (Lipinski definition) is 2. The molecule has 1 unspecified atom stereocenters. The highest BCUT2D eigenvalue weighted by atomic mass is 16.5. The van der Waals surface area contributed by atoms with Crippen LogP contribution in [0.5, 0.6) is 0 Å². The SMILES string of the molecule is COC(=O)C(CCCNC(=O)OCc1ccccc1)NC(C)=O. The van der Waals surface area contributed by atoms with E-state index < -0.39 is 18.1 Å². The minimum Gasteiger partial charge on any atom is -0.467 e. The van der Waals surface area contributed by atoms with Crippen LogP contribution >= 0.6 is 0 Å². The number of benzene rings is 1. The van der Waals surface area contributed by atoms with Gasteiger partial charge in [0.05, 0.1) is 7.11 Å². The Hall–Kier alpha value is -2.57. The van der Waals surface area contributed by atoms with E-state index in [2.05, 4.69) is 15.4 Å². The van der Waals surface area contributed by atoms with Gasteiger partial charge in [-0.1, -0.05) is 30.3 Å². The minimum absolute atomic E-state index is 0.198.